The molecule has 0 fully saturated rings. The van der Waals surface area contributed by atoms with Gasteiger partial charge in [-0.1, -0.05) is 39.8 Å². The molecule has 1 aromatic carbocycles. The third-order valence-electron chi connectivity index (χ3n) is 4.95. The zero-order chi connectivity index (χ0) is 25.0. The van der Waals surface area contributed by atoms with E-state index in [1.807, 2.05) is 13.8 Å². The summed E-state index contributed by atoms with van der Waals surface area (Å²) in [5.74, 6) is -1.63. The Kier molecular flexibility index (Phi) is 12.1. The van der Waals surface area contributed by atoms with Gasteiger partial charge in [-0.15, -0.1) is 0 Å². The topological polar surface area (TPSA) is 140 Å². The summed E-state index contributed by atoms with van der Waals surface area (Å²) >= 11 is 0. The molecule has 0 bridgehead atoms. The average Bonchev–Trinajstić information content (AvgIpc) is 2.76. The van der Waals surface area contributed by atoms with Crippen LogP contribution < -0.4 is 21.7 Å². The molecule has 9 nitrogen and oxygen atoms in total. The summed E-state index contributed by atoms with van der Waals surface area (Å²) in [5, 5.41) is 8.15. The van der Waals surface area contributed by atoms with Gasteiger partial charge in [-0.05, 0) is 49.9 Å². The summed E-state index contributed by atoms with van der Waals surface area (Å²) in [5.41, 5.74) is 6.79. The molecule has 0 aliphatic carbocycles. The van der Waals surface area contributed by atoms with E-state index in [9.17, 15) is 19.2 Å². The van der Waals surface area contributed by atoms with Gasteiger partial charge in [0.25, 0.3) is 0 Å². The Bertz CT molecular complexity index is 793. The molecule has 0 radical (unpaired) electrons. The number of carbonyl (C=O) groups excluding carboxylic acids is 4. The van der Waals surface area contributed by atoms with Crippen LogP contribution in [0.3, 0.4) is 0 Å². The van der Waals surface area contributed by atoms with E-state index < -0.39 is 18.0 Å². The zero-order valence-corrected chi connectivity index (χ0v) is 20.3. The van der Waals surface area contributed by atoms with Crippen LogP contribution in [0, 0.1) is 11.8 Å². The summed E-state index contributed by atoms with van der Waals surface area (Å²) < 4.78 is 5.18. The number of rotatable bonds is 13. The molecule has 1 aromatic rings. The summed E-state index contributed by atoms with van der Waals surface area (Å²) in [7, 11) is 0. The Morgan fingerprint density at radius 2 is 1.55 bits per heavy atom. The van der Waals surface area contributed by atoms with Crippen LogP contribution in [0.5, 0.6) is 0 Å². The van der Waals surface area contributed by atoms with Gasteiger partial charge >= 0.3 is 5.97 Å². The summed E-state index contributed by atoms with van der Waals surface area (Å²) in [6, 6.07) is 5.36. The maximum atomic E-state index is 12.7. The van der Waals surface area contributed by atoms with E-state index in [0.29, 0.717) is 25.1 Å². The first-order valence-electron chi connectivity index (χ1n) is 11.4. The minimum Gasteiger partial charge on any atom is -0.461 e. The molecule has 5 N–H and O–H groups in total. The molecule has 0 aliphatic rings. The molecule has 0 spiro atoms. The maximum absolute atomic E-state index is 12.7. The van der Waals surface area contributed by atoms with Gasteiger partial charge in [-0.2, -0.15) is 0 Å². The number of ether oxygens (including phenoxy) is 1. The van der Waals surface area contributed by atoms with Crippen LogP contribution in [0.15, 0.2) is 24.3 Å². The van der Waals surface area contributed by atoms with Crippen molar-refractivity contribution in [2.24, 2.45) is 17.6 Å². The van der Waals surface area contributed by atoms with Crippen LogP contribution in [0.25, 0.3) is 0 Å². The minimum absolute atomic E-state index is 0.143. The number of nitrogens with one attached hydrogen (secondary N) is 3. The fraction of sp³-hybridized carbons (Fsp3) is 0.583. The molecular formula is C24H38N4O5. The standard InChI is InChI=1S/C24H38N4O5/c1-15(2)21(28-20(29)8-6-7-13-25)23(31)26-17(5)22(30)27-19-11-9-18(10-12-19)14-33-24(32)16(3)4/h9-12,15-17,21H,6-8,13-14,25H2,1-5H3,(H,26,31)(H,27,30)(H,28,29)/t17-,21-/m0/s1. The highest BCUT2D eigenvalue weighted by molar-refractivity contribution is 5.98. The van der Waals surface area contributed by atoms with Gasteiger partial charge in [-0.25, -0.2) is 0 Å². The van der Waals surface area contributed by atoms with Gasteiger partial charge in [0.15, 0.2) is 0 Å². The molecule has 2 atom stereocenters. The monoisotopic (exact) mass is 462 g/mol. The summed E-state index contributed by atoms with van der Waals surface area (Å²) in [6.45, 7) is 9.44. The highest BCUT2D eigenvalue weighted by atomic mass is 16.5. The molecule has 0 heterocycles. The molecule has 0 saturated carbocycles. The number of unbranched alkanes of at least 4 members (excludes halogenated alkanes) is 1. The number of anilines is 1. The van der Waals surface area contributed by atoms with Crippen molar-refractivity contribution in [3.8, 4) is 0 Å². The molecule has 33 heavy (non-hydrogen) atoms. The first-order valence-corrected chi connectivity index (χ1v) is 11.4. The smallest absolute Gasteiger partial charge is 0.308 e. The van der Waals surface area contributed by atoms with E-state index in [1.165, 1.54) is 0 Å². The summed E-state index contributed by atoms with van der Waals surface area (Å²) in [6.07, 6.45) is 1.70. The Labute approximate surface area is 196 Å². The van der Waals surface area contributed by atoms with Crippen molar-refractivity contribution in [1.29, 1.82) is 0 Å². The quantitative estimate of drug-likeness (QED) is 0.261. The maximum Gasteiger partial charge on any atom is 0.308 e. The van der Waals surface area contributed by atoms with Crippen LogP contribution in [-0.4, -0.2) is 42.3 Å². The highest BCUT2D eigenvalue weighted by Crippen LogP contribution is 2.12. The van der Waals surface area contributed by atoms with E-state index in [1.54, 1.807) is 45.0 Å². The predicted molar refractivity (Wildman–Crippen MR) is 127 cm³/mol. The second-order valence-corrected chi connectivity index (χ2v) is 8.71. The summed E-state index contributed by atoms with van der Waals surface area (Å²) in [4.78, 5) is 48.8. The Morgan fingerprint density at radius 1 is 0.909 bits per heavy atom. The van der Waals surface area contributed by atoms with E-state index in [0.717, 1.165) is 12.0 Å². The number of hydrogen-bond donors (Lipinski definition) is 4. The van der Waals surface area contributed by atoms with Crippen molar-refractivity contribution in [2.45, 2.75) is 72.6 Å². The van der Waals surface area contributed by atoms with Crippen molar-refractivity contribution in [2.75, 3.05) is 11.9 Å². The van der Waals surface area contributed by atoms with Crippen molar-refractivity contribution in [3.05, 3.63) is 29.8 Å². The SMILES string of the molecule is CC(C)C(=O)OCc1ccc(NC(=O)[C@H](C)NC(=O)[C@@H](NC(=O)CCCCN)C(C)C)cc1. The number of hydrogen-bond acceptors (Lipinski definition) is 6. The second kappa shape index (κ2) is 14.3. The fourth-order valence-electron chi connectivity index (χ4n) is 2.84. The van der Waals surface area contributed by atoms with Gasteiger partial charge in [0.1, 0.15) is 18.7 Å². The molecule has 0 aromatic heterocycles. The lowest BCUT2D eigenvalue weighted by Crippen LogP contribution is -2.53. The van der Waals surface area contributed by atoms with Gasteiger partial charge in [-0.3, -0.25) is 19.2 Å². The number of esters is 1. The minimum atomic E-state index is -0.806. The molecule has 1 rings (SSSR count). The first kappa shape index (κ1) is 28.1. The van der Waals surface area contributed by atoms with Crippen LogP contribution in [-0.2, 0) is 30.5 Å². The number of benzene rings is 1. The largest absolute Gasteiger partial charge is 0.461 e. The Morgan fingerprint density at radius 3 is 2.09 bits per heavy atom. The van der Waals surface area contributed by atoms with Crippen molar-refractivity contribution < 1.29 is 23.9 Å². The lowest BCUT2D eigenvalue weighted by molar-refractivity contribution is -0.148. The van der Waals surface area contributed by atoms with Crippen LogP contribution in [0.2, 0.25) is 0 Å². The lowest BCUT2D eigenvalue weighted by Gasteiger charge is -2.24. The van der Waals surface area contributed by atoms with E-state index >= 15 is 0 Å². The predicted octanol–water partition coefficient (Wildman–Crippen LogP) is 2.10. The first-order chi connectivity index (χ1) is 15.5. The molecule has 0 unspecified atom stereocenters. The molecule has 0 saturated heterocycles. The molecule has 184 valence electrons. The third kappa shape index (κ3) is 10.5. The van der Waals surface area contributed by atoms with Gasteiger partial charge < -0.3 is 26.4 Å². The molecule has 3 amide bonds. The number of carbonyl (C=O) groups is 4. The van der Waals surface area contributed by atoms with E-state index in [2.05, 4.69) is 16.0 Å². The van der Waals surface area contributed by atoms with E-state index in [-0.39, 0.29) is 36.2 Å². The number of amides is 3. The molecule has 0 aliphatic heterocycles. The lowest BCUT2D eigenvalue weighted by atomic mass is 10.0. The van der Waals surface area contributed by atoms with E-state index in [4.69, 9.17) is 10.5 Å². The van der Waals surface area contributed by atoms with Gasteiger partial charge in [0.2, 0.25) is 17.7 Å². The van der Waals surface area contributed by atoms with Crippen LogP contribution in [0.4, 0.5) is 5.69 Å². The second-order valence-electron chi connectivity index (χ2n) is 8.71. The van der Waals surface area contributed by atoms with Crippen LogP contribution in [0.1, 0.15) is 59.4 Å². The molecular weight excluding hydrogens is 424 g/mol. The van der Waals surface area contributed by atoms with Crippen molar-refractivity contribution in [3.63, 3.8) is 0 Å². The van der Waals surface area contributed by atoms with Crippen LogP contribution >= 0.6 is 0 Å². The normalized spacial score (nSPS) is 12.7. The average molecular weight is 463 g/mol. The zero-order valence-electron chi connectivity index (χ0n) is 20.3. The third-order valence-corrected chi connectivity index (χ3v) is 4.95. The van der Waals surface area contributed by atoms with Crippen molar-refractivity contribution in [1.82, 2.24) is 10.6 Å². The Hall–Kier alpha value is -2.94. The molecule has 9 heteroatoms. The highest BCUT2D eigenvalue weighted by Gasteiger charge is 2.26. The number of nitrogens with two attached hydrogens (primary N) is 1. The Balaban J connectivity index is 2.59. The fourth-order valence-corrected chi connectivity index (χ4v) is 2.84. The van der Waals surface area contributed by atoms with Crippen molar-refractivity contribution >= 4 is 29.4 Å². The van der Waals surface area contributed by atoms with Gasteiger partial charge in [0.05, 0.1) is 5.92 Å². The van der Waals surface area contributed by atoms with Gasteiger partial charge in [0, 0.05) is 12.1 Å².